The predicted molar refractivity (Wildman–Crippen MR) is 225 cm³/mol. The maximum absolute atomic E-state index is 2.45. The third-order valence-corrected chi connectivity index (χ3v) is 11.4. The van der Waals surface area contributed by atoms with Gasteiger partial charge in [0.15, 0.2) is 0 Å². The van der Waals surface area contributed by atoms with E-state index in [1.54, 1.807) is 0 Å². The van der Waals surface area contributed by atoms with E-state index in [0.717, 1.165) is 17.1 Å². The molecule has 0 radical (unpaired) electrons. The highest BCUT2D eigenvalue weighted by Gasteiger charge is 2.21. The fraction of sp³-hybridized carbons (Fsp3) is 0. The Morgan fingerprint density at radius 2 is 0.827 bits per heavy atom. The second-order valence-corrected chi connectivity index (χ2v) is 14.4. The lowest BCUT2D eigenvalue weighted by Crippen LogP contribution is -2.11. The molecule has 1 nitrogen and oxygen atoms in total. The van der Waals surface area contributed by atoms with E-state index in [2.05, 4.69) is 205 Å². The van der Waals surface area contributed by atoms with E-state index >= 15 is 0 Å². The lowest BCUT2D eigenvalue weighted by Gasteiger charge is -2.29. The van der Waals surface area contributed by atoms with Crippen molar-refractivity contribution >= 4 is 70.1 Å². The zero-order valence-corrected chi connectivity index (χ0v) is 29.2. The summed E-state index contributed by atoms with van der Waals surface area (Å²) in [4.78, 5) is 2.45. The van der Waals surface area contributed by atoms with Crippen LogP contribution in [0.15, 0.2) is 200 Å². The molecule has 0 bridgehead atoms. The standard InChI is InChI=1S/C50H33NS/c1-2-14-34(15-3-1)40-18-6-7-19-42(40)43-20-8-9-21-44(43)45-22-10-12-24-48(45)51(38-29-31-47-46-23-11-13-25-49(46)52-50(47)33-38)37-28-30-41-36(32-37)27-26-35-16-4-5-17-39(35)41/h1-33H. The lowest BCUT2D eigenvalue weighted by molar-refractivity contribution is 1.30. The van der Waals surface area contributed by atoms with Crippen LogP contribution in [0.25, 0.3) is 75.1 Å². The van der Waals surface area contributed by atoms with E-state index in [1.165, 1.54) is 75.1 Å². The lowest BCUT2D eigenvalue weighted by atomic mass is 9.88. The number of anilines is 3. The number of hydrogen-bond donors (Lipinski definition) is 0. The number of rotatable bonds is 6. The third-order valence-electron chi connectivity index (χ3n) is 10.3. The molecule has 0 amide bonds. The van der Waals surface area contributed by atoms with Gasteiger partial charge in [-0.2, -0.15) is 0 Å². The van der Waals surface area contributed by atoms with Gasteiger partial charge in [-0.05, 0) is 85.8 Å². The highest BCUT2D eigenvalue weighted by molar-refractivity contribution is 7.25. The Hall–Kier alpha value is -6.48. The first kappa shape index (κ1) is 30.4. The molecule has 0 aliphatic carbocycles. The Morgan fingerprint density at radius 3 is 1.63 bits per heavy atom. The van der Waals surface area contributed by atoms with E-state index in [1.807, 2.05) is 11.3 Å². The van der Waals surface area contributed by atoms with Gasteiger partial charge in [0.1, 0.15) is 0 Å². The van der Waals surface area contributed by atoms with Gasteiger partial charge in [-0.3, -0.25) is 0 Å². The van der Waals surface area contributed by atoms with Crippen LogP contribution < -0.4 is 4.90 Å². The molecule has 52 heavy (non-hydrogen) atoms. The Bertz CT molecular complexity index is 2920. The maximum atomic E-state index is 2.45. The molecule has 1 heterocycles. The van der Waals surface area contributed by atoms with Gasteiger partial charge in [0, 0.05) is 37.1 Å². The average Bonchev–Trinajstić information content (AvgIpc) is 3.59. The summed E-state index contributed by atoms with van der Waals surface area (Å²) < 4.78 is 2.59. The van der Waals surface area contributed by atoms with Crippen molar-refractivity contribution in [2.45, 2.75) is 0 Å². The molecule has 0 unspecified atom stereocenters. The number of para-hydroxylation sites is 1. The maximum Gasteiger partial charge on any atom is 0.0540 e. The summed E-state index contributed by atoms with van der Waals surface area (Å²) in [6.07, 6.45) is 0. The first-order chi connectivity index (χ1) is 25.8. The molecule has 0 saturated heterocycles. The number of benzene rings is 9. The zero-order valence-electron chi connectivity index (χ0n) is 28.4. The van der Waals surface area contributed by atoms with Crippen LogP contribution in [0, 0.1) is 0 Å². The van der Waals surface area contributed by atoms with Gasteiger partial charge in [-0.1, -0.05) is 164 Å². The first-order valence-corrected chi connectivity index (χ1v) is 18.6. The molecule has 0 atom stereocenters. The van der Waals surface area contributed by atoms with Crippen LogP contribution in [0.5, 0.6) is 0 Å². The number of nitrogens with zero attached hydrogens (tertiary/aromatic N) is 1. The van der Waals surface area contributed by atoms with Crippen molar-refractivity contribution in [3.05, 3.63) is 200 Å². The largest absolute Gasteiger partial charge is 0.310 e. The molecule has 244 valence electrons. The average molecular weight is 680 g/mol. The molecule has 0 fully saturated rings. The van der Waals surface area contributed by atoms with Crippen LogP contribution in [-0.4, -0.2) is 0 Å². The molecule has 1 aromatic heterocycles. The molecule has 0 aliphatic heterocycles. The molecule has 0 aliphatic rings. The van der Waals surface area contributed by atoms with Gasteiger partial charge in [0.2, 0.25) is 0 Å². The molecule has 10 aromatic rings. The molecule has 0 saturated carbocycles. The van der Waals surface area contributed by atoms with Crippen LogP contribution in [0.3, 0.4) is 0 Å². The molecule has 0 spiro atoms. The first-order valence-electron chi connectivity index (χ1n) is 17.8. The minimum Gasteiger partial charge on any atom is -0.310 e. The number of fused-ring (bicyclic) bond motifs is 6. The highest BCUT2D eigenvalue weighted by Crippen LogP contribution is 2.47. The fourth-order valence-corrected chi connectivity index (χ4v) is 9.00. The van der Waals surface area contributed by atoms with E-state index in [-0.39, 0.29) is 0 Å². The van der Waals surface area contributed by atoms with E-state index in [9.17, 15) is 0 Å². The van der Waals surface area contributed by atoms with Gasteiger partial charge in [0.25, 0.3) is 0 Å². The molecule has 2 heteroatoms. The summed E-state index contributed by atoms with van der Waals surface area (Å²) in [5, 5.41) is 7.62. The van der Waals surface area contributed by atoms with E-state index in [0.29, 0.717) is 0 Å². The van der Waals surface area contributed by atoms with Crippen molar-refractivity contribution in [3.63, 3.8) is 0 Å². The van der Waals surface area contributed by atoms with Crippen LogP contribution in [0.2, 0.25) is 0 Å². The summed E-state index contributed by atoms with van der Waals surface area (Å²) in [5.41, 5.74) is 10.6. The van der Waals surface area contributed by atoms with Gasteiger partial charge < -0.3 is 4.90 Å². The van der Waals surface area contributed by atoms with Crippen LogP contribution >= 0.6 is 11.3 Å². The Labute approximate surface area is 307 Å². The van der Waals surface area contributed by atoms with Crippen molar-refractivity contribution in [2.24, 2.45) is 0 Å². The molecule has 9 aromatic carbocycles. The van der Waals surface area contributed by atoms with E-state index < -0.39 is 0 Å². The van der Waals surface area contributed by atoms with Crippen LogP contribution in [-0.2, 0) is 0 Å². The summed E-state index contributed by atoms with van der Waals surface area (Å²) in [7, 11) is 0. The monoisotopic (exact) mass is 679 g/mol. The SMILES string of the molecule is c1ccc(-c2ccccc2-c2ccccc2-c2ccccc2N(c2ccc3c(ccc4ccccc43)c2)c2ccc3c(c2)sc2ccccc23)cc1. The van der Waals surface area contributed by atoms with Crippen LogP contribution in [0.4, 0.5) is 17.1 Å². The van der Waals surface area contributed by atoms with Crippen molar-refractivity contribution in [3.8, 4) is 33.4 Å². The molecule has 0 N–H and O–H groups in total. The molecular weight excluding hydrogens is 647 g/mol. The number of hydrogen-bond acceptors (Lipinski definition) is 2. The van der Waals surface area contributed by atoms with Crippen molar-refractivity contribution in [1.29, 1.82) is 0 Å². The van der Waals surface area contributed by atoms with Crippen molar-refractivity contribution < 1.29 is 0 Å². The Morgan fingerprint density at radius 1 is 0.308 bits per heavy atom. The summed E-state index contributed by atoms with van der Waals surface area (Å²) in [5.74, 6) is 0. The second-order valence-electron chi connectivity index (χ2n) is 13.3. The van der Waals surface area contributed by atoms with Crippen LogP contribution in [0.1, 0.15) is 0 Å². The summed E-state index contributed by atoms with van der Waals surface area (Å²) >= 11 is 1.86. The van der Waals surface area contributed by atoms with Crippen molar-refractivity contribution in [2.75, 3.05) is 4.90 Å². The second kappa shape index (κ2) is 12.7. The van der Waals surface area contributed by atoms with E-state index in [4.69, 9.17) is 0 Å². The van der Waals surface area contributed by atoms with Gasteiger partial charge in [-0.15, -0.1) is 11.3 Å². The fourth-order valence-electron chi connectivity index (χ4n) is 7.86. The topological polar surface area (TPSA) is 3.24 Å². The van der Waals surface area contributed by atoms with Gasteiger partial charge in [0.05, 0.1) is 5.69 Å². The Kier molecular flexibility index (Phi) is 7.41. The number of thiophene rings is 1. The summed E-state index contributed by atoms with van der Waals surface area (Å²) in [6, 6.07) is 73.0. The zero-order chi connectivity index (χ0) is 34.4. The van der Waals surface area contributed by atoms with Crippen molar-refractivity contribution in [1.82, 2.24) is 0 Å². The minimum absolute atomic E-state index is 1.12. The summed E-state index contributed by atoms with van der Waals surface area (Å²) in [6.45, 7) is 0. The minimum atomic E-state index is 1.12. The Balaban J connectivity index is 1.21. The van der Waals surface area contributed by atoms with Gasteiger partial charge >= 0.3 is 0 Å². The normalized spacial score (nSPS) is 11.5. The van der Waals surface area contributed by atoms with Gasteiger partial charge in [-0.25, -0.2) is 0 Å². The smallest absolute Gasteiger partial charge is 0.0540 e. The predicted octanol–water partition coefficient (Wildman–Crippen LogP) is 14.8. The third kappa shape index (κ3) is 5.16. The highest BCUT2D eigenvalue weighted by atomic mass is 32.1. The molecule has 10 rings (SSSR count). The molecular formula is C50H33NS. The quantitative estimate of drug-likeness (QED) is 0.158.